The lowest BCUT2D eigenvalue weighted by atomic mass is 10.0. The van der Waals surface area contributed by atoms with E-state index in [2.05, 4.69) is 36.1 Å². The quantitative estimate of drug-likeness (QED) is 0.786. The molecule has 14 heavy (non-hydrogen) atoms. The summed E-state index contributed by atoms with van der Waals surface area (Å²) in [4.78, 5) is 2.45. The minimum Gasteiger partial charge on any atom is -0.329 e. The fraction of sp³-hybridized carbons (Fsp3) is 0.500. The Hall–Kier alpha value is -0.860. The molecule has 2 rings (SSSR count). The summed E-state index contributed by atoms with van der Waals surface area (Å²) in [5, 5.41) is 0. The van der Waals surface area contributed by atoms with Gasteiger partial charge in [-0.15, -0.1) is 0 Å². The SMILES string of the molecule is Cc1ccc(C(CN)N2CCC2)cc1. The van der Waals surface area contributed by atoms with Crippen LogP contribution in [0.2, 0.25) is 0 Å². The molecule has 0 aliphatic carbocycles. The molecular weight excluding hydrogens is 172 g/mol. The molecule has 1 fully saturated rings. The Morgan fingerprint density at radius 2 is 1.93 bits per heavy atom. The standard InChI is InChI=1S/C12H18N2/c1-10-3-5-11(6-4-10)12(9-13)14-7-2-8-14/h3-6,12H,2,7-9,13H2,1H3. The van der Waals surface area contributed by atoms with E-state index in [-0.39, 0.29) is 0 Å². The molecule has 2 heteroatoms. The third-order valence-corrected chi connectivity index (χ3v) is 3.02. The van der Waals surface area contributed by atoms with E-state index in [0.717, 1.165) is 6.54 Å². The summed E-state index contributed by atoms with van der Waals surface area (Å²) < 4.78 is 0. The summed E-state index contributed by atoms with van der Waals surface area (Å²) in [6.07, 6.45) is 1.32. The van der Waals surface area contributed by atoms with Gasteiger partial charge in [0.25, 0.3) is 0 Å². The number of nitrogens with zero attached hydrogens (tertiary/aromatic N) is 1. The fourth-order valence-electron chi connectivity index (χ4n) is 1.94. The van der Waals surface area contributed by atoms with Crippen LogP contribution in [0.4, 0.5) is 0 Å². The van der Waals surface area contributed by atoms with Gasteiger partial charge in [0.05, 0.1) is 0 Å². The average Bonchev–Trinajstić information content (AvgIpc) is 2.13. The maximum atomic E-state index is 5.81. The van der Waals surface area contributed by atoms with Gasteiger partial charge in [-0.2, -0.15) is 0 Å². The third kappa shape index (κ3) is 1.81. The number of hydrogen-bond donors (Lipinski definition) is 1. The number of likely N-dealkylation sites (tertiary alicyclic amines) is 1. The van der Waals surface area contributed by atoms with E-state index >= 15 is 0 Å². The highest BCUT2D eigenvalue weighted by Gasteiger charge is 2.23. The van der Waals surface area contributed by atoms with Crippen LogP contribution in [-0.4, -0.2) is 24.5 Å². The van der Waals surface area contributed by atoms with Crippen molar-refractivity contribution in [1.82, 2.24) is 4.90 Å². The summed E-state index contributed by atoms with van der Waals surface area (Å²) in [5.41, 5.74) is 8.48. The van der Waals surface area contributed by atoms with Crippen molar-refractivity contribution in [3.63, 3.8) is 0 Å². The molecule has 1 atom stereocenters. The number of rotatable bonds is 3. The van der Waals surface area contributed by atoms with Crippen molar-refractivity contribution in [2.45, 2.75) is 19.4 Å². The van der Waals surface area contributed by atoms with Gasteiger partial charge in [0, 0.05) is 25.7 Å². The van der Waals surface area contributed by atoms with Crippen molar-refractivity contribution in [1.29, 1.82) is 0 Å². The zero-order chi connectivity index (χ0) is 9.97. The normalized spacial score (nSPS) is 19.0. The summed E-state index contributed by atoms with van der Waals surface area (Å²) in [5.74, 6) is 0. The Labute approximate surface area is 85.7 Å². The van der Waals surface area contributed by atoms with Crippen molar-refractivity contribution in [2.24, 2.45) is 5.73 Å². The molecule has 1 aromatic rings. The number of aryl methyl sites for hydroxylation is 1. The first-order valence-electron chi connectivity index (χ1n) is 5.32. The lowest BCUT2D eigenvalue weighted by Crippen LogP contribution is -2.43. The topological polar surface area (TPSA) is 29.3 Å². The summed E-state index contributed by atoms with van der Waals surface area (Å²) >= 11 is 0. The first-order valence-corrected chi connectivity index (χ1v) is 5.32. The van der Waals surface area contributed by atoms with Crippen LogP contribution >= 0.6 is 0 Å². The van der Waals surface area contributed by atoms with Gasteiger partial charge in [0.2, 0.25) is 0 Å². The molecule has 0 saturated carbocycles. The number of hydrogen-bond acceptors (Lipinski definition) is 2. The minimum absolute atomic E-state index is 0.435. The van der Waals surface area contributed by atoms with Crippen molar-refractivity contribution in [3.05, 3.63) is 35.4 Å². The molecule has 0 bridgehead atoms. The van der Waals surface area contributed by atoms with Crippen LogP contribution in [0.5, 0.6) is 0 Å². The number of nitrogens with two attached hydrogens (primary N) is 1. The lowest BCUT2D eigenvalue weighted by Gasteiger charge is -2.38. The van der Waals surface area contributed by atoms with E-state index < -0.39 is 0 Å². The largest absolute Gasteiger partial charge is 0.329 e. The predicted octanol–water partition coefficient (Wildman–Crippen LogP) is 1.70. The smallest absolute Gasteiger partial charge is 0.0470 e. The van der Waals surface area contributed by atoms with Gasteiger partial charge in [-0.1, -0.05) is 29.8 Å². The Morgan fingerprint density at radius 1 is 1.29 bits per heavy atom. The summed E-state index contributed by atoms with van der Waals surface area (Å²) in [6.45, 7) is 5.25. The molecule has 1 aromatic carbocycles. The molecule has 2 N–H and O–H groups in total. The Morgan fingerprint density at radius 3 is 2.36 bits per heavy atom. The molecule has 76 valence electrons. The molecular formula is C12H18N2. The van der Waals surface area contributed by atoms with Crippen LogP contribution in [-0.2, 0) is 0 Å². The van der Waals surface area contributed by atoms with Gasteiger partial charge in [0.1, 0.15) is 0 Å². The van der Waals surface area contributed by atoms with Crippen molar-refractivity contribution < 1.29 is 0 Å². The van der Waals surface area contributed by atoms with E-state index in [1.165, 1.54) is 30.6 Å². The zero-order valence-corrected chi connectivity index (χ0v) is 8.74. The molecule has 2 nitrogen and oxygen atoms in total. The van der Waals surface area contributed by atoms with Crippen LogP contribution in [0.1, 0.15) is 23.6 Å². The molecule has 0 amide bonds. The Kier molecular flexibility index (Phi) is 2.85. The lowest BCUT2D eigenvalue weighted by molar-refractivity contribution is 0.122. The monoisotopic (exact) mass is 190 g/mol. The first kappa shape index (κ1) is 9.69. The minimum atomic E-state index is 0.435. The van der Waals surface area contributed by atoms with Gasteiger partial charge >= 0.3 is 0 Å². The van der Waals surface area contributed by atoms with E-state index in [9.17, 15) is 0 Å². The molecule has 1 unspecified atom stereocenters. The van der Waals surface area contributed by atoms with Crippen LogP contribution in [0.15, 0.2) is 24.3 Å². The molecule has 0 aromatic heterocycles. The number of benzene rings is 1. The summed E-state index contributed by atoms with van der Waals surface area (Å²) in [6, 6.07) is 9.16. The second-order valence-corrected chi connectivity index (χ2v) is 4.05. The Balaban J connectivity index is 2.14. The molecule has 1 heterocycles. The highest BCUT2D eigenvalue weighted by Crippen LogP contribution is 2.24. The fourth-order valence-corrected chi connectivity index (χ4v) is 1.94. The van der Waals surface area contributed by atoms with Crippen molar-refractivity contribution in [3.8, 4) is 0 Å². The molecule has 0 spiro atoms. The van der Waals surface area contributed by atoms with Crippen LogP contribution in [0, 0.1) is 6.92 Å². The van der Waals surface area contributed by atoms with Gasteiger partial charge in [-0.05, 0) is 18.9 Å². The van der Waals surface area contributed by atoms with Crippen molar-refractivity contribution in [2.75, 3.05) is 19.6 Å². The van der Waals surface area contributed by atoms with Crippen molar-refractivity contribution >= 4 is 0 Å². The van der Waals surface area contributed by atoms with Crippen LogP contribution in [0.3, 0.4) is 0 Å². The highest BCUT2D eigenvalue weighted by molar-refractivity contribution is 5.24. The van der Waals surface area contributed by atoms with E-state index in [4.69, 9.17) is 5.73 Å². The second kappa shape index (κ2) is 4.11. The maximum absolute atomic E-state index is 5.81. The third-order valence-electron chi connectivity index (χ3n) is 3.02. The van der Waals surface area contributed by atoms with E-state index in [1.807, 2.05) is 0 Å². The maximum Gasteiger partial charge on any atom is 0.0470 e. The molecule has 1 aliphatic rings. The van der Waals surface area contributed by atoms with Gasteiger partial charge in [-0.3, -0.25) is 4.90 Å². The first-order chi connectivity index (χ1) is 6.81. The second-order valence-electron chi connectivity index (χ2n) is 4.05. The molecule has 1 saturated heterocycles. The van der Waals surface area contributed by atoms with Crippen LogP contribution in [0.25, 0.3) is 0 Å². The van der Waals surface area contributed by atoms with Gasteiger partial charge in [0.15, 0.2) is 0 Å². The predicted molar refractivity (Wildman–Crippen MR) is 59.2 cm³/mol. The zero-order valence-electron chi connectivity index (χ0n) is 8.74. The molecule has 0 radical (unpaired) electrons. The Bertz CT molecular complexity index is 288. The highest BCUT2D eigenvalue weighted by atomic mass is 15.2. The van der Waals surface area contributed by atoms with E-state index in [1.54, 1.807) is 0 Å². The van der Waals surface area contributed by atoms with E-state index in [0.29, 0.717) is 6.04 Å². The van der Waals surface area contributed by atoms with Gasteiger partial charge < -0.3 is 5.73 Å². The average molecular weight is 190 g/mol. The summed E-state index contributed by atoms with van der Waals surface area (Å²) in [7, 11) is 0. The molecule has 1 aliphatic heterocycles. The van der Waals surface area contributed by atoms with Crippen LogP contribution < -0.4 is 5.73 Å². The van der Waals surface area contributed by atoms with Gasteiger partial charge in [-0.25, -0.2) is 0 Å².